The zero-order valence-electron chi connectivity index (χ0n) is 10.6. The molecule has 4 heteroatoms. The monoisotopic (exact) mass is 261 g/mol. The third-order valence-corrected chi connectivity index (χ3v) is 3.37. The summed E-state index contributed by atoms with van der Waals surface area (Å²) in [7, 11) is 0. The van der Waals surface area contributed by atoms with Crippen LogP contribution in [0.2, 0.25) is 0 Å². The van der Waals surface area contributed by atoms with Gasteiger partial charge in [-0.05, 0) is 23.6 Å². The molecule has 1 heterocycles. The van der Waals surface area contributed by atoms with Crippen LogP contribution in [-0.4, -0.2) is 20.1 Å². The molecule has 0 aliphatic rings. The molecule has 0 spiro atoms. The molecular formula is C16H11N3O. The number of aromatic nitrogens is 3. The van der Waals surface area contributed by atoms with Crippen molar-refractivity contribution in [2.75, 3.05) is 0 Å². The summed E-state index contributed by atoms with van der Waals surface area (Å²) in [5.41, 5.74) is 2.22. The van der Waals surface area contributed by atoms with Crippen molar-refractivity contribution >= 4 is 21.8 Å². The maximum Gasteiger partial charge on any atom is 0.143 e. The van der Waals surface area contributed by atoms with Crippen molar-refractivity contribution in [3.63, 3.8) is 0 Å². The normalized spacial score (nSPS) is 11.2. The van der Waals surface area contributed by atoms with Crippen molar-refractivity contribution in [1.29, 1.82) is 0 Å². The zero-order valence-corrected chi connectivity index (χ0v) is 10.6. The van der Waals surface area contributed by atoms with Gasteiger partial charge in [-0.15, -0.1) is 15.0 Å². The van der Waals surface area contributed by atoms with E-state index in [2.05, 4.69) is 10.2 Å². The Kier molecular flexibility index (Phi) is 2.23. The van der Waals surface area contributed by atoms with Gasteiger partial charge in [-0.1, -0.05) is 42.5 Å². The van der Waals surface area contributed by atoms with Crippen LogP contribution in [0.25, 0.3) is 27.5 Å². The Labute approximate surface area is 114 Å². The fourth-order valence-electron chi connectivity index (χ4n) is 2.41. The highest BCUT2D eigenvalue weighted by atomic mass is 16.3. The van der Waals surface area contributed by atoms with Gasteiger partial charge in [0.25, 0.3) is 0 Å². The predicted octanol–water partition coefficient (Wildman–Crippen LogP) is 3.28. The van der Waals surface area contributed by atoms with Crippen LogP contribution >= 0.6 is 0 Å². The summed E-state index contributed by atoms with van der Waals surface area (Å²) in [6.45, 7) is 0. The molecule has 4 nitrogen and oxygen atoms in total. The third kappa shape index (κ3) is 1.55. The van der Waals surface area contributed by atoms with Crippen LogP contribution in [0.15, 0.2) is 60.7 Å². The van der Waals surface area contributed by atoms with Gasteiger partial charge in [0.15, 0.2) is 0 Å². The Morgan fingerprint density at radius 1 is 0.750 bits per heavy atom. The highest BCUT2D eigenvalue weighted by Crippen LogP contribution is 2.30. The number of rotatable bonds is 1. The number of phenols is 1. The first-order valence-electron chi connectivity index (χ1n) is 6.36. The molecule has 4 rings (SSSR count). The van der Waals surface area contributed by atoms with Crippen LogP contribution < -0.4 is 0 Å². The number of phenolic OH excluding ortho intramolecular Hbond substituents is 1. The van der Waals surface area contributed by atoms with Crippen molar-refractivity contribution in [3.05, 3.63) is 60.7 Å². The lowest BCUT2D eigenvalue weighted by atomic mass is 10.1. The van der Waals surface area contributed by atoms with Gasteiger partial charge in [0, 0.05) is 5.39 Å². The first kappa shape index (κ1) is 11.0. The van der Waals surface area contributed by atoms with E-state index in [1.54, 1.807) is 6.07 Å². The molecule has 96 valence electrons. The number of hydrogen-bond donors (Lipinski definition) is 1. The Morgan fingerprint density at radius 3 is 2.15 bits per heavy atom. The van der Waals surface area contributed by atoms with Crippen LogP contribution in [0.3, 0.4) is 0 Å². The van der Waals surface area contributed by atoms with Gasteiger partial charge >= 0.3 is 0 Å². The Morgan fingerprint density at radius 2 is 1.40 bits per heavy atom. The van der Waals surface area contributed by atoms with Crippen LogP contribution in [0.1, 0.15) is 0 Å². The molecule has 0 saturated carbocycles. The van der Waals surface area contributed by atoms with E-state index in [0.717, 1.165) is 21.8 Å². The molecule has 0 fully saturated rings. The highest BCUT2D eigenvalue weighted by Gasteiger charge is 2.12. The standard InChI is InChI=1S/C16H11N3O/c20-15-10-9-11-5-1-2-6-12(11)16(15)19-17-13-7-3-4-8-14(13)18-19/h1-10,20H. The topological polar surface area (TPSA) is 50.9 Å². The second-order valence-electron chi connectivity index (χ2n) is 4.63. The van der Waals surface area contributed by atoms with E-state index in [0.29, 0.717) is 5.69 Å². The molecule has 0 atom stereocenters. The minimum absolute atomic E-state index is 0.170. The number of hydrogen-bond acceptors (Lipinski definition) is 3. The average Bonchev–Trinajstić information content (AvgIpc) is 2.90. The average molecular weight is 261 g/mol. The van der Waals surface area contributed by atoms with E-state index in [9.17, 15) is 5.11 Å². The lowest BCUT2D eigenvalue weighted by molar-refractivity contribution is 0.469. The fraction of sp³-hybridized carbons (Fsp3) is 0. The van der Waals surface area contributed by atoms with E-state index in [4.69, 9.17) is 0 Å². The molecule has 20 heavy (non-hydrogen) atoms. The quantitative estimate of drug-likeness (QED) is 0.572. The van der Waals surface area contributed by atoms with Crippen molar-refractivity contribution in [3.8, 4) is 11.4 Å². The van der Waals surface area contributed by atoms with E-state index in [1.807, 2.05) is 54.6 Å². The number of aromatic hydroxyl groups is 1. The highest BCUT2D eigenvalue weighted by molar-refractivity contribution is 5.92. The van der Waals surface area contributed by atoms with Gasteiger partial charge in [-0.3, -0.25) is 0 Å². The summed E-state index contributed by atoms with van der Waals surface area (Å²) in [5, 5.41) is 21.0. The van der Waals surface area contributed by atoms with Crippen LogP contribution in [-0.2, 0) is 0 Å². The van der Waals surface area contributed by atoms with Gasteiger partial charge in [0.2, 0.25) is 0 Å². The Balaban J connectivity index is 2.08. The summed E-state index contributed by atoms with van der Waals surface area (Å²) in [5.74, 6) is 0.170. The van der Waals surface area contributed by atoms with Crippen LogP contribution in [0, 0.1) is 0 Å². The van der Waals surface area contributed by atoms with E-state index in [-0.39, 0.29) is 5.75 Å². The SMILES string of the molecule is Oc1ccc2ccccc2c1-n1nc2ccccc2n1. The second-order valence-corrected chi connectivity index (χ2v) is 4.63. The maximum absolute atomic E-state index is 10.2. The third-order valence-electron chi connectivity index (χ3n) is 3.37. The minimum Gasteiger partial charge on any atom is -0.506 e. The molecule has 0 unspecified atom stereocenters. The largest absolute Gasteiger partial charge is 0.506 e. The maximum atomic E-state index is 10.2. The smallest absolute Gasteiger partial charge is 0.143 e. The molecule has 0 bridgehead atoms. The first-order valence-corrected chi connectivity index (χ1v) is 6.36. The zero-order chi connectivity index (χ0) is 13.5. The molecule has 3 aromatic carbocycles. The van der Waals surface area contributed by atoms with Crippen molar-refractivity contribution in [2.45, 2.75) is 0 Å². The summed E-state index contributed by atoms with van der Waals surface area (Å²) < 4.78 is 0. The number of benzene rings is 3. The molecule has 0 aliphatic heterocycles. The molecule has 4 aromatic rings. The molecule has 0 amide bonds. The van der Waals surface area contributed by atoms with Gasteiger partial charge in [0.05, 0.1) is 0 Å². The van der Waals surface area contributed by atoms with Crippen molar-refractivity contribution in [1.82, 2.24) is 15.0 Å². The molecule has 0 radical (unpaired) electrons. The van der Waals surface area contributed by atoms with E-state index < -0.39 is 0 Å². The molecule has 1 aromatic heterocycles. The summed E-state index contributed by atoms with van der Waals surface area (Å²) in [6, 6.07) is 19.1. The van der Waals surface area contributed by atoms with Gasteiger partial charge in [0.1, 0.15) is 22.5 Å². The van der Waals surface area contributed by atoms with Gasteiger partial charge in [-0.2, -0.15) is 0 Å². The first-order chi connectivity index (χ1) is 9.83. The predicted molar refractivity (Wildman–Crippen MR) is 78.0 cm³/mol. The lowest BCUT2D eigenvalue weighted by Gasteiger charge is -2.07. The number of fused-ring (bicyclic) bond motifs is 2. The summed E-state index contributed by atoms with van der Waals surface area (Å²) >= 11 is 0. The molecule has 0 aliphatic carbocycles. The minimum atomic E-state index is 0.170. The lowest BCUT2D eigenvalue weighted by Crippen LogP contribution is -2.00. The number of nitrogens with zero attached hydrogens (tertiary/aromatic N) is 3. The van der Waals surface area contributed by atoms with Gasteiger partial charge < -0.3 is 5.11 Å². The second kappa shape index (κ2) is 4.06. The molecule has 1 N–H and O–H groups in total. The van der Waals surface area contributed by atoms with Crippen LogP contribution in [0.5, 0.6) is 5.75 Å². The molecular weight excluding hydrogens is 250 g/mol. The molecule has 0 saturated heterocycles. The summed E-state index contributed by atoms with van der Waals surface area (Å²) in [6.07, 6.45) is 0. The summed E-state index contributed by atoms with van der Waals surface area (Å²) in [4.78, 5) is 1.50. The fourth-order valence-corrected chi connectivity index (χ4v) is 2.41. The van der Waals surface area contributed by atoms with Crippen LogP contribution in [0.4, 0.5) is 0 Å². The van der Waals surface area contributed by atoms with Crippen molar-refractivity contribution in [2.24, 2.45) is 0 Å². The van der Waals surface area contributed by atoms with Gasteiger partial charge in [-0.25, -0.2) is 0 Å². The Bertz CT molecular complexity index is 894. The van der Waals surface area contributed by atoms with E-state index in [1.165, 1.54) is 4.80 Å². The Hall–Kier alpha value is -2.88. The van der Waals surface area contributed by atoms with Crippen molar-refractivity contribution < 1.29 is 5.11 Å². The van der Waals surface area contributed by atoms with E-state index >= 15 is 0 Å².